The highest BCUT2D eigenvalue weighted by molar-refractivity contribution is 5.81. The SMILES string of the molecule is C[C@H](O)Cc1c2ccccc2nn1C. The molecular weight excluding hydrogens is 176 g/mol. The average molecular weight is 190 g/mol. The molecule has 2 aromatic rings. The van der Waals surface area contributed by atoms with E-state index in [1.54, 1.807) is 6.92 Å². The topological polar surface area (TPSA) is 38.1 Å². The highest BCUT2D eigenvalue weighted by Gasteiger charge is 2.09. The van der Waals surface area contributed by atoms with E-state index in [1.807, 2.05) is 36.0 Å². The second-order valence-corrected chi connectivity index (χ2v) is 3.64. The maximum Gasteiger partial charge on any atom is 0.0926 e. The van der Waals surface area contributed by atoms with Gasteiger partial charge in [-0.25, -0.2) is 0 Å². The molecule has 0 aliphatic heterocycles. The number of aliphatic hydroxyl groups excluding tert-OH is 1. The Morgan fingerprint density at radius 3 is 2.86 bits per heavy atom. The summed E-state index contributed by atoms with van der Waals surface area (Å²) in [6, 6.07) is 8.00. The first kappa shape index (κ1) is 9.21. The minimum atomic E-state index is -0.325. The van der Waals surface area contributed by atoms with Gasteiger partial charge in [0.15, 0.2) is 0 Å². The summed E-state index contributed by atoms with van der Waals surface area (Å²) in [5, 5.41) is 14.9. The summed E-state index contributed by atoms with van der Waals surface area (Å²) in [6.07, 6.45) is 0.325. The third-order valence-corrected chi connectivity index (χ3v) is 2.35. The van der Waals surface area contributed by atoms with E-state index in [-0.39, 0.29) is 6.10 Å². The van der Waals surface area contributed by atoms with Crippen LogP contribution in [-0.2, 0) is 13.5 Å². The molecule has 1 N–H and O–H groups in total. The molecule has 0 amide bonds. The molecular formula is C11H14N2O. The van der Waals surface area contributed by atoms with Crippen LogP contribution >= 0.6 is 0 Å². The number of fused-ring (bicyclic) bond motifs is 1. The van der Waals surface area contributed by atoms with Crippen molar-refractivity contribution in [1.29, 1.82) is 0 Å². The number of hydrogen-bond acceptors (Lipinski definition) is 2. The Balaban J connectivity index is 2.56. The van der Waals surface area contributed by atoms with Crippen LogP contribution < -0.4 is 0 Å². The zero-order valence-electron chi connectivity index (χ0n) is 8.44. The van der Waals surface area contributed by atoms with Crippen molar-refractivity contribution in [1.82, 2.24) is 9.78 Å². The number of aromatic nitrogens is 2. The largest absolute Gasteiger partial charge is 0.393 e. The molecule has 1 heterocycles. The van der Waals surface area contributed by atoms with Crippen LogP contribution in [0.4, 0.5) is 0 Å². The lowest BCUT2D eigenvalue weighted by Gasteiger charge is -2.04. The van der Waals surface area contributed by atoms with Crippen molar-refractivity contribution in [2.45, 2.75) is 19.4 Å². The summed E-state index contributed by atoms with van der Waals surface area (Å²) in [7, 11) is 1.91. The summed E-state index contributed by atoms with van der Waals surface area (Å²) in [5.41, 5.74) is 2.08. The Kier molecular flexibility index (Phi) is 2.25. The van der Waals surface area contributed by atoms with Crippen molar-refractivity contribution in [3.63, 3.8) is 0 Å². The molecule has 2 rings (SSSR count). The van der Waals surface area contributed by atoms with E-state index in [4.69, 9.17) is 0 Å². The van der Waals surface area contributed by atoms with Gasteiger partial charge in [-0.3, -0.25) is 4.68 Å². The van der Waals surface area contributed by atoms with E-state index in [0.29, 0.717) is 6.42 Å². The first-order valence-corrected chi connectivity index (χ1v) is 4.77. The number of aryl methyl sites for hydroxylation is 1. The second kappa shape index (κ2) is 3.42. The third kappa shape index (κ3) is 1.51. The van der Waals surface area contributed by atoms with E-state index in [1.165, 1.54) is 0 Å². The van der Waals surface area contributed by atoms with Gasteiger partial charge in [-0.05, 0) is 13.0 Å². The molecule has 0 aliphatic rings. The lowest BCUT2D eigenvalue weighted by molar-refractivity contribution is 0.193. The quantitative estimate of drug-likeness (QED) is 0.779. The van der Waals surface area contributed by atoms with Crippen LogP contribution in [0.25, 0.3) is 10.9 Å². The summed E-state index contributed by atoms with van der Waals surface area (Å²) >= 11 is 0. The molecule has 0 spiro atoms. The normalized spacial score (nSPS) is 13.4. The molecule has 0 bridgehead atoms. The van der Waals surface area contributed by atoms with Gasteiger partial charge in [0.05, 0.1) is 11.6 Å². The number of nitrogens with zero attached hydrogens (tertiary/aromatic N) is 2. The first-order chi connectivity index (χ1) is 6.68. The van der Waals surface area contributed by atoms with E-state index in [2.05, 4.69) is 5.10 Å². The van der Waals surface area contributed by atoms with Gasteiger partial charge >= 0.3 is 0 Å². The first-order valence-electron chi connectivity index (χ1n) is 4.77. The van der Waals surface area contributed by atoms with E-state index < -0.39 is 0 Å². The predicted octanol–water partition coefficient (Wildman–Crippen LogP) is 1.50. The maximum atomic E-state index is 9.37. The Bertz CT molecular complexity index is 445. The van der Waals surface area contributed by atoms with Crippen LogP contribution in [0.15, 0.2) is 24.3 Å². The van der Waals surface area contributed by atoms with Gasteiger partial charge < -0.3 is 5.11 Å². The van der Waals surface area contributed by atoms with Crippen molar-refractivity contribution >= 4 is 10.9 Å². The van der Waals surface area contributed by atoms with Crippen molar-refractivity contribution in [2.24, 2.45) is 7.05 Å². The minimum absolute atomic E-state index is 0.325. The van der Waals surface area contributed by atoms with Crippen LogP contribution in [0.3, 0.4) is 0 Å². The molecule has 0 fully saturated rings. The Morgan fingerprint density at radius 2 is 2.14 bits per heavy atom. The molecule has 3 nitrogen and oxygen atoms in total. The highest BCUT2D eigenvalue weighted by atomic mass is 16.3. The van der Waals surface area contributed by atoms with Crippen LogP contribution in [0.2, 0.25) is 0 Å². The van der Waals surface area contributed by atoms with Gasteiger partial charge in [-0.2, -0.15) is 5.10 Å². The number of hydrogen-bond donors (Lipinski definition) is 1. The predicted molar refractivity (Wildman–Crippen MR) is 56.1 cm³/mol. The van der Waals surface area contributed by atoms with Crippen molar-refractivity contribution < 1.29 is 5.11 Å². The molecule has 1 aromatic carbocycles. The van der Waals surface area contributed by atoms with E-state index >= 15 is 0 Å². The smallest absolute Gasteiger partial charge is 0.0926 e. The van der Waals surface area contributed by atoms with Gasteiger partial charge in [0.25, 0.3) is 0 Å². The molecule has 14 heavy (non-hydrogen) atoms. The summed E-state index contributed by atoms with van der Waals surface area (Å²) in [4.78, 5) is 0. The molecule has 0 saturated carbocycles. The van der Waals surface area contributed by atoms with Gasteiger partial charge in [-0.1, -0.05) is 18.2 Å². The minimum Gasteiger partial charge on any atom is -0.393 e. The Labute approximate surface area is 83.0 Å². The fraction of sp³-hybridized carbons (Fsp3) is 0.364. The van der Waals surface area contributed by atoms with Gasteiger partial charge in [-0.15, -0.1) is 0 Å². The lowest BCUT2D eigenvalue weighted by atomic mass is 10.1. The molecule has 0 aliphatic carbocycles. The van der Waals surface area contributed by atoms with Gasteiger partial charge in [0.1, 0.15) is 0 Å². The number of benzene rings is 1. The zero-order chi connectivity index (χ0) is 10.1. The monoisotopic (exact) mass is 190 g/mol. The standard InChI is InChI=1S/C11H14N2O/c1-8(14)7-11-9-5-3-4-6-10(9)12-13(11)2/h3-6,8,14H,7H2,1-2H3/t8-/m0/s1. The molecule has 1 atom stereocenters. The van der Waals surface area contributed by atoms with Crippen LogP contribution in [0.5, 0.6) is 0 Å². The van der Waals surface area contributed by atoms with E-state index in [9.17, 15) is 5.11 Å². The van der Waals surface area contributed by atoms with E-state index in [0.717, 1.165) is 16.6 Å². The van der Waals surface area contributed by atoms with Gasteiger partial charge in [0.2, 0.25) is 0 Å². The molecule has 0 unspecified atom stereocenters. The van der Waals surface area contributed by atoms with Crippen LogP contribution in [0, 0.1) is 0 Å². The maximum absolute atomic E-state index is 9.37. The third-order valence-electron chi connectivity index (χ3n) is 2.35. The van der Waals surface area contributed by atoms with Crippen molar-refractivity contribution in [3.8, 4) is 0 Å². The highest BCUT2D eigenvalue weighted by Crippen LogP contribution is 2.18. The fourth-order valence-corrected chi connectivity index (χ4v) is 1.72. The number of aliphatic hydroxyl groups is 1. The Hall–Kier alpha value is -1.35. The average Bonchev–Trinajstić information content (AvgIpc) is 2.43. The molecule has 0 radical (unpaired) electrons. The number of rotatable bonds is 2. The zero-order valence-corrected chi connectivity index (χ0v) is 8.44. The summed E-state index contributed by atoms with van der Waals surface area (Å²) in [6.45, 7) is 1.79. The van der Waals surface area contributed by atoms with Crippen LogP contribution in [0.1, 0.15) is 12.6 Å². The van der Waals surface area contributed by atoms with Crippen molar-refractivity contribution in [2.75, 3.05) is 0 Å². The summed E-state index contributed by atoms with van der Waals surface area (Å²) in [5.74, 6) is 0. The summed E-state index contributed by atoms with van der Waals surface area (Å²) < 4.78 is 1.84. The van der Waals surface area contributed by atoms with Crippen molar-refractivity contribution in [3.05, 3.63) is 30.0 Å². The van der Waals surface area contributed by atoms with Gasteiger partial charge in [0, 0.05) is 24.5 Å². The molecule has 1 aromatic heterocycles. The lowest BCUT2D eigenvalue weighted by Crippen LogP contribution is -2.08. The van der Waals surface area contributed by atoms with Crippen LogP contribution in [-0.4, -0.2) is 21.0 Å². The second-order valence-electron chi connectivity index (χ2n) is 3.64. The molecule has 0 saturated heterocycles. The molecule has 74 valence electrons. The fourth-order valence-electron chi connectivity index (χ4n) is 1.72. The Morgan fingerprint density at radius 1 is 1.43 bits per heavy atom. The molecule has 3 heteroatoms.